The first-order valence-corrected chi connectivity index (χ1v) is 53.8. The van der Waals surface area contributed by atoms with Gasteiger partial charge in [0.1, 0.15) is 22.1 Å². The molecule has 14 heteroatoms. The first-order chi connectivity index (χ1) is 70.6. The zero-order chi connectivity index (χ0) is 107. The van der Waals surface area contributed by atoms with Crippen molar-refractivity contribution in [2.75, 3.05) is 29.4 Å². The van der Waals surface area contributed by atoms with Crippen LogP contribution >= 0.6 is 11.6 Å². The van der Waals surface area contributed by atoms with Crippen LogP contribution in [0.1, 0.15) is 263 Å². The van der Waals surface area contributed by atoms with E-state index in [-0.39, 0.29) is 60.9 Å². The molecule has 0 spiro atoms. The van der Waals surface area contributed by atoms with E-state index < -0.39 is 0 Å². The van der Waals surface area contributed by atoms with Crippen LogP contribution < -0.4 is 45.8 Å². The Morgan fingerprint density at radius 2 is 0.453 bits per heavy atom. The van der Waals surface area contributed by atoms with E-state index in [0.717, 1.165) is 130 Å². The molecule has 150 heavy (non-hydrogen) atoms. The molecule has 0 unspecified atom stereocenters. The predicted molar refractivity (Wildman–Crippen MR) is 642 cm³/mol. The second kappa shape index (κ2) is 38.8. The lowest BCUT2D eigenvalue weighted by Gasteiger charge is -2.45. The van der Waals surface area contributed by atoms with E-state index in [1.165, 1.54) is 77.8 Å². The third-order valence-electron chi connectivity index (χ3n) is 29.9. The zero-order valence-corrected chi connectivity index (χ0v) is 94.6. The standard InChI is InChI=1S/C68H73BN6.C68H75ClN6/c1-64(2,3)44-21-29-49(30-22-44)72(50-31-23-45(24-32-50)65(4,5)6)54-37-38-55-59(41-54)73(51-33-25-46(26-34-51)66(7,8)9)61-39-48(68(13,14)15)40-62-63(61)69(55)56-42-57-58(71-75(70-57)53-19-17-16-18-20-53)43-60(56)74(62)52-35-27-47(28-36-52)67(10,11)12;1-64(2,3)46-24-32-51(33-25-46)72(52-34-26-47(27-35-52)65(4,5)6)56-22-19-23-57(44-56)73(53-36-28-48(29-37-53)66(7,8)9)61-42-50(68(13,14)15)43-62(63(61)69)74(54-38-30-49(31-39-54)67(10,11)12)58-40-41-59-60(45-58)71-75(70-59)55-20-17-16-18-21-55/h16-43H,1-15H3;16-45H,1-15H3. The Balaban J connectivity index is 0.000000188. The summed E-state index contributed by atoms with van der Waals surface area (Å²) >= 11 is 8.20. The van der Waals surface area contributed by atoms with E-state index in [1.54, 1.807) is 9.59 Å². The van der Waals surface area contributed by atoms with Gasteiger partial charge in [-0.1, -0.05) is 365 Å². The summed E-state index contributed by atoms with van der Waals surface area (Å²) in [5, 5.41) is 20.9. The van der Waals surface area contributed by atoms with Crippen molar-refractivity contribution in [3.8, 4) is 11.4 Å². The first kappa shape index (κ1) is 104. The van der Waals surface area contributed by atoms with Crippen LogP contribution in [0.25, 0.3) is 33.4 Å². The zero-order valence-electron chi connectivity index (χ0n) is 93.8. The third kappa shape index (κ3) is 21.1. The fraction of sp³-hybridized carbons (Fsp3) is 0.294. The van der Waals surface area contributed by atoms with Gasteiger partial charge in [-0.05, 0) is 332 Å². The summed E-state index contributed by atoms with van der Waals surface area (Å²) in [5.74, 6) is 0. The lowest BCUT2D eigenvalue weighted by molar-refractivity contribution is 0.589. The summed E-state index contributed by atoms with van der Waals surface area (Å²) < 4.78 is 0. The van der Waals surface area contributed by atoms with E-state index in [9.17, 15) is 0 Å². The highest BCUT2D eigenvalue weighted by Crippen LogP contribution is 2.55. The molecule has 4 heterocycles. The number of hydrogen-bond acceptors (Lipinski definition) is 10. The normalized spacial score (nSPS) is 13.1. The molecular weight excluding hydrogens is 1850 g/mol. The SMILES string of the molecule is CC(C)(C)c1ccc(N(c2ccc(C(C)(C)C)cc2)c2ccc3c(c2)N(c2ccc(C(C)(C)C)cc2)c2cc(C(C)(C)C)cc4c2B3c2cc3nn(-c5ccccc5)nc3cc2N4c2ccc(C(C)(C)C)cc2)cc1.CC(C)(C)c1ccc(N(c2ccc(C(C)(C)C)cc2)c2cccc(N(c3ccc(C(C)(C)C)cc3)c3cc(C(C)(C)C)cc(N(c4ccc(C(C)(C)C)cc4)c4ccc5nn(-c6ccccc6)nc5c4)c3Cl)c2)cc1. The third-order valence-corrected chi connectivity index (χ3v) is 30.3. The maximum atomic E-state index is 8.20. The Morgan fingerprint density at radius 1 is 0.193 bits per heavy atom. The van der Waals surface area contributed by atoms with Gasteiger partial charge in [-0.3, -0.25) is 0 Å². The molecule has 0 amide bonds. The van der Waals surface area contributed by atoms with Gasteiger partial charge in [0.15, 0.2) is 0 Å². The van der Waals surface area contributed by atoms with E-state index in [4.69, 9.17) is 32.0 Å². The highest BCUT2D eigenvalue weighted by Gasteiger charge is 2.46. The number of fused-ring (bicyclic) bond motifs is 6. The maximum Gasteiger partial charge on any atom is 0.252 e. The minimum Gasteiger partial charge on any atom is -0.311 e. The van der Waals surface area contributed by atoms with Gasteiger partial charge in [0.25, 0.3) is 6.71 Å². The fourth-order valence-electron chi connectivity index (χ4n) is 20.7. The fourth-order valence-corrected chi connectivity index (χ4v) is 20.9. The molecule has 20 rings (SSSR count). The average Bonchev–Trinajstić information content (AvgIpc) is 1.69. The Morgan fingerprint density at radius 3 is 0.787 bits per heavy atom. The number of benzene rings is 16. The van der Waals surface area contributed by atoms with Gasteiger partial charge >= 0.3 is 0 Å². The highest BCUT2D eigenvalue weighted by molar-refractivity contribution is 7.00. The molecule has 2 aromatic heterocycles. The minimum atomic E-state index is -0.267. The Kier molecular flexibility index (Phi) is 26.9. The van der Waals surface area contributed by atoms with Crippen molar-refractivity contribution in [2.24, 2.45) is 0 Å². The summed E-state index contributed by atoms with van der Waals surface area (Å²) in [6.45, 7) is 68.3. The van der Waals surface area contributed by atoms with Gasteiger partial charge < -0.3 is 29.4 Å². The van der Waals surface area contributed by atoms with Crippen LogP contribution in [0.3, 0.4) is 0 Å². The van der Waals surface area contributed by atoms with Crippen molar-refractivity contribution in [1.29, 1.82) is 0 Å². The molecular formula is C136H148BClN12. The second-order valence-corrected chi connectivity index (χ2v) is 51.9. The van der Waals surface area contributed by atoms with Gasteiger partial charge in [-0.2, -0.15) is 9.59 Å². The summed E-state index contributed by atoms with van der Waals surface area (Å²) in [5.41, 5.74) is 40.0. The number of para-hydroxylation sites is 2. The average molecular weight is 2000 g/mol. The number of rotatable bonds is 16. The molecule has 762 valence electrons. The number of nitrogens with zero attached hydrogens (tertiary/aromatic N) is 12. The summed E-state index contributed by atoms with van der Waals surface area (Å²) in [7, 11) is 0. The van der Waals surface area contributed by atoms with Crippen LogP contribution in [-0.4, -0.2) is 36.7 Å². The van der Waals surface area contributed by atoms with E-state index in [1.807, 2.05) is 48.5 Å². The summed E-state index contributed by atoms with van der Waals surface area (Å²) in [6, 6.07) is 130. The van der Waals surface area contributed by atoms with Gasteiger partial charge in [0.2, 0.25) is 0 Å². The van der Waals surface area contributed by atoms with Crippen LogP contribution in [0.4, 0.5) is 102 Å². The monoisotopic (exact) mass is 2000 g/mol. The number of aromatic nitrogens is 6. The van der Waals surface area contributed by atoms with Gasteiger partial charge in [-0.15, -0.1) is 20.4 Å². The molecule has 0 bridgehead atoms. The smallest absolute Gasteiger partial charge is 0.252 e. The van der Waals surface area contributed by atoms with Crippen molar-refractivity contribution in [2.45, 2.75) is 262 Å². The molecule has 0 atom stereocenters. The van der Waals surface area contributed by atoms with Crippen molar-refractivity contribution < 1.29 is 0 Å². The quantitative estimate of drug-likeness (QED) is 0.0873. The molecule has 16 aromatic carbocycles. The highest BCUT2D eigenvalue weighted by atomic mass is 35.5. The molecule has 0 N–H and O–H groups in total. The van der Waals surface area contributed by atoms with Crippen molar-refractivity contribution >= 4 is 159 Å². The molecule has 0 saturated carbocycles. The molecule has 0 aliphatic carbocycles. The molecule has 2 aliphatic heterocycles. The molecule has 0 fully saturated rings. The molecule has 0 saturated heterocycles. The Labute approximate surface area is 898 Å². The molecule has 0 radical (unpaired) electrons. The minimum absolute atomic E-state index is 0.00376. The maximum absolute atomic E-state index is 8.20. The summed E-state index contributed by atoms with van der Waals surface area (Å²) in [4.78, 5) is 18.0. The van der Waals surface area contributed by atoms with E-state index in [0.29, 0.717) is 5.02 Å². The van der Waals surface area contributed by atoms with Crippen LogP contribution in [0, 0.1) is 0 Å². The van der Waals surface area contributed by atoms with Crippen LogP contribution in [0.5, 0.6) is 0 Å². The Bertz CT molecular complexity index is 7850. The van der Waals surface area contributed by atoms with Gasteiger partial charge in [0, 0.05) is 91.0 Å². The topological polar surface area (TPSA) is 80.9 Å². The van der Waals surface area contributed by atoms with Crippen molar-refractivity contribution in [1.82, 2.24) is 30.0 Å². The van der Waals surface area contributed by atoms with Crippen LogP contribution in [-0.2, 0) is 54.1 Å². The van der Waals surface area contributed by atoms with E-state index >= 15 is 0 Å². The number of anilines is 18. The van der Waals surface area contributed by atoms with Crippen LogP contribution in [0.15, 0.2) is 352 Å². The van der Waals surface area contributed by atoms with Crippen LogP contribution in [0.2, 0.25) is 5.02 Å². The first-order valence-electron chi connectivity index (χ1n) is 53.4. The van der Waals surface area contributed by atoms with Gasteiger partial charge in [0.05, 0.1) is 27.8 Å². The lowest BCUT2D eigenvalue weighted by Crippen LogP contribution is -2.61. The number of halogens is 1. The number of hydrogen-bond donors (Lipinski definition) is 0. The largest absolute Gasteiger partial charge is 0.311 e. The molecule has 18 aromatic rings. The van der Waals surface area contributed by atoms with Crippen molar-refractivity contribution in [3.05, 3.63) is 413 Å². The lowest BCUT2D eigenvalue weighted by atomic mass is 9.33. The second-order valence-electron chi connectivity index (χ2n) is 51.6. The van der Waals surface area contributed by atoms with Crippen molar-refractivity contribution in [3.63, 3.8) is 0 Å². The van der Waals surface area contributed by atoms with Gasteiger partial charge in [-0.25, -0.2) is 0 Å². The summed E-state index contributed by atoms with van der Waals surface area (Å²) in [6.07, 6.45) is 0. The molecule has 2 aliphatic rings. The predicted octanol–water partition coefficient (Wildman–Crippen LogP) is 36.4. The molecule has 12 nitrogen and oxygen atoms in total. The van der Waals surface area contributed by atoms with E-state index in [2.05, 4.69) is 540 Å². The Hall–Kier alpha value is -14.5.